The molecule has 0 unspecified atom stereocenters. The predicted octanol–water partition coefficient (Wildman–Crippen LogP) is 2.00. The fourth-order valence-corrected chi connectivity index (χ4v) is 2.86. The first-order valence-electron chi connectivity index (χ1n) is 6.69. The number of carbonyl (C=O) groups is 1. The van der Waals surface area contributed by atoms with E-state index in [-0.39, 0.29) is 5.78 Å². The van der Waals surface area contributed by atoms with Gasteiger partial charge in [0.15, 0.2) is 5.78 Å². The van der Waals surface area contributed by atoms with Gasteiger partial charge in [-0.2, -0.15) is 0 Å². The molecule has 2 aliphatic heterocycles. The molecule has 1 aromatic rings. The summed E-state index contributed by atoms with van der Waals surface area (Å²) >= 11 is 0. The van der Waals surface area contributed by atoms with Crippen LogP contribution in [0.2, 0.25) is 0 Å². The number of ether oxygens (including phenoxy) is 3. The molecule has 4 nitrogen and oxygen atoms in total. The number of hydrogen-bond donors (Lipinski definition) is 0. The average molecular weight is 262 g/mol. The van der Waals surface area contributed by atoms with Gasteiger partial charge in [-0.05, 0) is 11.6 Å². The number of methoxy groups -OCH3 is 1. The Morgan fingerprint density at radius 1 is 1.26 bits per heavy atom. The summed E-state index contributed by atoms with van der Waals surface area (Å²) in [6, 6.07) is 5.77. The van der Waals surface area contributed by atoms with E-state index in [0.29, 0.717) is 38.2 Å². The largest absolute Gasteiger partial charge is 0.492 e. The third-order valence-corrected chi connectivity index (χ3v) is 4.06. The van der Waals surface area contributed by atoms with Crippen LogP contribution in [0.4, 0.5) is 0 Å². The first kappa shape index (κ1) is 12.6. The summed E-state index contributed by atoms with van der Waals surface area (Å²) in [6.45, 7) is 1.79. The zero-order valence-corrected chi connectivity index (χ0v) is 11.1. The summed E-state index contributed by atoms with van der Waals surface area (Å²) < 4.78 is 16.5. The van der Waals surface area contributed by atoms with Crippen molar-refractivity contribution < 1.29 is 19.0 Å². The highest BCUT2D eigenvalue weighted by Gasteiger charge is 2.42. The predicted molar refractivity (Wildman–Crippen MR) is 69.8 cm³/mol. The summed E-state index contributed by atoms with van der Waals surface area (Å²) in [6.07, 6.45) is 2.08. The maximum absolute atomic E-state index is 12.9. The van der Waals surface area contributed by atoms with Crippen molar-refractivity contribution in [3.63, 3.8) is 0 Å². The van der Waals surface area contributed by atoms with Gasteiger partial charge in [0.1, 0.15) is 11.4 Å². The minimum atomic E-state index is -0.751. The number of ketones is 1. The molecule has 0 aliphatic carbocycles. The average Bonchev–Trinajstić information content (AvgIpc) is 2.95. The Morgan fingerprint density at radius 2 is 2.05 bits per heavy atom. The molecule has 0 N–H and O–H groups in total. The highest BCUT2D eigenvalue weighted by Crippen LogP contribution is 2.35. The Kier molecular flexibility index (Phi) is 3.29. The fourth-order valence-electron chi connectivity index (χ4n) is 2.86. The Hall–Kier alpha value is -1.39. The molecule has 0 saturated carbocycles. The molecule has 1 aromatic carbocycles. The molecule has 2 heterocycles. The van der Waals surface area contributed by atoms with E-state index in [2.05, 4.69) is 0 Å². The highest BCUT2D eigenvalue weighted by molar-refractivity contribution is 6.05. The van der Waals surface area contributed by atoms with Crippen molar-refractivity contribution in [1.82, 2.24) is 0 Å². The monoisotopic (exact) mass is 262 g/mol. The molecule has 1 saturated heterocycles. The van der Waals surface area contributed by atoms with Crippen LogP contribution in [0.15, 0.2) is 18.2 Å². The topological polar surface area (TPSA) is 44.8 Å². The van der Waals surface area contributed by atoms with Gasteiger partial charge in [-0.25, -0.2) is 0 Å². The Labute approximate surface area is 112 Å². The summed E-state index contributed by atoms with van der Waals surface area (Å²) in [7, 11) is 1.60. The van der Waals surface area contributed by atoms with Crippen molar-refractivity contribution in [2.24, 2.45) is 0 Å². The van der Waals surface area contributed by atoms with E-state index in [1.807, 2.05) is 18.2 Å². The second-order valence-corrected chi connectivity index (χ2v) is 5.03. The van der Waals surface area contributed by atoms with Gasteiger partial charge in [0, 0.05) is 39.6 Å². The first-order chi connectivity index (χ1) is 9.27. The standard InChI is InChI=1S/C15H18O4/c1-17-15(6-9-18-10-7-15)14(16)12-4-2-3-11-5-8-19-13(11)12/h2-4H,5-10H2,1H3. The van der Waals surface area contributed by atoms with Crippen LogP contribution in [0.25, 0.3) is 0 Å². The van der Waals surface area contributed by atoms with Crippen molar-refractivity contribution in [3.05, 3.63) is 29.3 Å². The van der Waals surface area contributed by atoms with Gasteiger partial charge in [0.05, 0.1) is 12.2 Å². The second kappa shape index (κ2) is 4.94. The van der Waals surface area contributed by atoms with Crippen LogP contribution in [-0.4, -0.2) is 38.3 Å². The van der Waals surface area contributed by atoms with Gasteiger partial charge < -0.3 is 14.2 Å². The molecule has 0 atom stereocenters. The van der Waals surface area contributed by atoms with Crippen LogP contribution in [0.5, 0.6) is 5.75 Å². The lowest BCUT2D eigenvalue weighted by molar-refractivity contribution is -0.0664. The number of carbonyl (C=O) groups excluding carboxylic acids is 1. The quantitative estimate of drug-likeness (QED) is 0.782. The Morgan fingerprint density at radius 3 is 2.79 bits per heavy atom. The van der Waals surface area contributed by atoms with E-state index in [4.69, 9.17) is 14.2 Å². The van der Waals surface area contributed by atoms with Crippen LogP contribution in [0.3, 0.4) is 0 Å². The lowest BCUT2D eigenvalue weighted by atomic mass is 9.85. The smallest absolute Gasteiger partial charge is 0.198 e. The maximum atomic E-state index is 12.9. The number of fused-ring (bicyclic) bond motifs is 1. The van der Waals surface area contributed by atoms with Crippen LogP contribution in [0, 0.1) is 0 Å². The second-order valence-electron chi connectivity index (χ2n) is 5.03. The van der Waals surface area contributed by atoms with Crippen LogP contribution in [0.1, 0.15) is 28.8 Å². The molecule has 2 aliphatic rings. The molecule has 0 aromatic heterocycles. The summed E-state index contributed by atoms with van der Waals surface area (Å²) in [5.74, 6) is 0.771. The van der Waals surface area contributed by atoms with Crippen LogP contribution in [-0.2, 0) is 15.9 Å². The van der Waals surface area contributed by atoms with Gasteiger partial charge >= 0.3 is 0 Å². The molecular formula is C15H18O4. The van der Waals surface area contributed by atoms with Gasteiger partial charge in [0.25, 0.3) is 0 Å². The number of hydrogen-bond acceptors (Lipinski definition) is 4. The van der Waals surface area contributed by atoms with E-state index < -0.39 is 5.60 Å². The van der Waals surface area contributed by atoms with Gasteiger partial charge in [-0.15, -0.1) is 0 Å². The molecule has 3 rings (SSSR count). The zero-order chi connectivity index (χ0) is 13.3. The molecule has 4 heteroatoms. The van der Waals surface area contributed by atoms with Gasteiger partial charge in [0.2, 0.25) is 0 Å². The lowest BCUT2D eigenvalue weighted by Crippen LogP contribution is -2.45. The maximum Gasteiger partial charge on any atom is 0.198 e. The fraction of sp³-hybridized carbons (Fsp3) is 0.533. The zero-order valence-electron chi connectivity index (χ0n) is 11.1. The number of benzene rings is 1. The summed E-state index contributed by atoms with van der Waals surface area (Å²) in [5.41, 5.74) is 1.02. The molecule has 1 fully saturated rings. The number of Topliss-reactive ketones (excluding diaryl/α,β-unsaturated/α-hetero) is 1. The third kappa shape index (κ3) is 2.05. The first-order valence-corrected chi connectivity index (χ1v) is 6.69. The SMILES string of the molecule is COC1(C(=O)c2cccc3c2OCC3)CCOCC1. The van der Waals surface area contributed by atoms with Crippen molar-refractivity contribution in [3.8, 4) is 5.75 Å². The van der Waals surface area contributed by atoms with E-state index in [1.165, 1.54) is 0 Å². The van der Waals surface area contributed by atoms with Gasteiger partial charge in [-0.1, -0.05) is 12.1 Å². The Balaban J connectivity index is 1.97. The summed E-state index contributed by atoms with van der Waals surface area (Å²) in [5, 5.41) is 0. The van der Waals surface area contributed by atoms with Crippen molar-refractivity contribution in [2.45, 2.75) is 24.9 Å². The van der Waals surface area contributed by atoms with Crippen LogP contribution < -0.4 is 4.74 Å². The molecule has 0 amide bonds. The minimum absolute atomic E-state index is 0.0250. The molecule has 0 bridgehead atoms. The van der Waals surface area contributed by atoms with E-state index >= 15 is 0 Å². The molecule has 102 valence electrons. The van der Waals surface area contributed by atoms with Crippen LogP contribution >= 0.6 is 0 Å². The molecule has 0 spiro atoms. The molecular weight excluding hydrogens is 244 g/mol. The Bertz CT molecular complexity index is 489. The minimum Gasteiger partial charge on any atom is -0.492 e. The molecule has 0 radical (unpaired) electrons. The molecule has 19 heavy (non-hydrogen) atoms. The van der Waals surface area contributed by atoms with E-state index in [0.717, 1.165) is 17.7 Å². The summed E-state index contributed by atoms with van der Waals surface area (Å²) in [4.78, 5) is 12.9. The van der Waals surface area contributed by atoms with Crippen molar-refractivity contribution in [2.75, 3.05) is 26.9 Å². The van der Waals surface area contributed by atoms with E-state index in [9.17, 15) is 4.79 Å². The normalized spacial score (nSPS) is 20.7. The number of rotatable bonds is 3. The highest BCUT2D eigenvalue weighted by atomic mass is 16.5. The number of para-hydroxylation sites is 1. The van der Waals surface area contributed by atoms with E-state index in [1.54, 1.807) is 7.11 Å². The van der Waals surface area contributed by atoms with Crippen molar-refractivity contribution >= 4 is 5.78 Å². The third-order valence-electron chi connectivity index (χ3n) is 4.06. The van der Waals surface area contributed by atoms with Gasteiger partial charge in [-0.3, -0.25) is 4.79 Å². The van der Waals surface area contributed by atoms with Crippen molar-refractivity contribution in [1.29, 1.82) is 0 Å². The lowest BCUT2D eigenvalue weighted by Gasteiger charge is -2.34.